The summed E-state index contributed by atoms with van der Waals surface area (Å²) in [5, 5.41) is 2.22. The summed E-state index contributed by atoms with van der Waals surface area (Å²) >= 11 is 0. The van der Waals surface area contributed by atoms with Crippen LogP contribution >= 0.6 is 0 Å². The molecule has 0 aliphatic rings. The number of aromatic nitrogens is 1. The number of nitrogens with zero attached hydrogens (tertiary/aromatic N) is 1. The second-order valence-electron chi connectivity index (χ2n) is 13.9. The van der Waals surface area contributed by atoms with Crippen LogP contribution in [0.3, 0.4) is 0 Å². The van der Waals surface area contributed by atoms with Crippen LogP contribution in [0.25, 0.3) is 55.4 Å². The Hall–Kier alpha value is -4.17. The third kappa shape index (κ3) is 5.47. The molecule has 0 bridgehead atoms. The lowest BCUT2D eigenvalue weighted by Crippen LogP contribution is -2.30. The zero-order chi connectivity index (χ0) is 33.1. The molecule has 2 heteroatoms. The van der Waals surface area contributed by atoms with Crippen LogP contribution in [-0.4, -0.2) is 0 Å². The third-order valence-electron chi connectivity index (χ3n) is 8.62. The highest BCUT2D eigenvalue weighted by Gasteiger charge is 2.25. The highest BCUT2D eigenvalue weighted by atomic mass is 16.3. The monoisotopic (exact) mass is 582 g/mol. The molecule has 0 fully saturated rings. The topological polar surface area (TPSA) is 17.0 Å². The molecule has 0 radical (unpaired) electrons. The summed E-state index contributed by atoms with van der Waals surface area (Å²) in [5.41, 5.74) is 12.3. The molecule has 4 aromatic carbocycles. The molecule has 6 aromatic rings. The minimum atomic E-state index is -1.47. The van der Waals surface area contributed by atoms with Gasteiger partial charge in [0.25, 0.3) is 0 Å². The first-order valence-electron chi connectivity index (χ1n) is 16.9. The molecule has 0 unspecified atom stereocenters. The van der Waals surface area contributed by atoms with Gasteiger partial charge in [-0.1, -0.05) is 121 Å². The second-order valence-corrected chi connectivity index (χ2v) is 13.9. The van der Waals surface area contributed by atoms with Gasteiger partial charge in [0, 0.05) is 31.2 Å². The van der Waals surface area contributed by atoms with Crippen molar-refractivity contribution in [3.05, 3.63) is 113 Å². The molecule has 2 aromatic heterocycles. The fourth-order valence-corrected chi connectivity index (χ4v) is 6.53. The summed E-state index contributed by atoms with van der Waals surface area (Å²) < 4.78 is 27.3. The summed E-state index contributed by atoms with van der Waals surface area (Å²) in [7, 11) is 2.10. The highest BCUT2D eigenvalue weighted by molar-refractivity contribution is 6.13. The van der Waals surface area contributed by atoms with Gasteiger partial charge in [0.05, 0.1) is 5.56 Å². The number of aryl methyl sites for hydroxylation is 2. The Kier molecular flexibility index (Phi) is 7.09. The van der Waals surface area contributed by atoms with Crippen molar-refractivity contribution < 1.29 is 11.7 Å². The smallest absolute Gasteiger partial charge is 0.216 e. The van der Waals surface area contributed by atoms with Gasteiger partial charge in [0.15, 0.2) is 6.20 Å². The van der Waals surface area contributed by atoms with E-state index in [9.17, 15) is 0 Å². The molecule has 0 amide bonds. The first-order chi connectivity index (χ1) is 21.7. The van der Waals surface area contributed by atoms with Crippen molar-refractivity contribution in [1.82, 2.24) is 0 Å². The van der Waals surface area contributed by atoms with Gasteiger partial charge in [-0.05, 0) is 69.5 Å². The van der Waals surface area contributed by atoms with E-state index in [-0.39, 0.29) is 11.8 Å². The van der Waals surface area contributed by atoms with E-state index in [1.165, 1.54) is 16.7 Å². The van der Waals surface area contributed by atoms with Gasteiger partial charge in [-0.25, -0.2) is 4.57 Å². The number of para-hydroxylation sites is 1. The van der Waals surface area contributed by atoms with Gasteiger partial charge in [0.2, 0.25) is 5.69 Å². The summed E-state index contributed by atoms with van der Waals surface area (Å²) in [6, 6.07) is 30.0. The van der Waals surface area contributed by atoms with Gasteiger partial charge < -0.3 is 4.42 Å². The zero-order valence-corrected chi connectivity index (χ0v) is 27.7. The molecule has 0 N–H and O–H groups in total. The number of hydrogen-bond acceptors (Lipinski definition) is 1. The number of rotatable bonds is 6. The maximum absolute atomic E-state index is 9.11. The van der Waals surface area contributed by atoms with Crippen LogP contribution < -0.4 is 4.57 Å². The predicted molar refractivity (Wildman–Crippen MR) is 187 cm³/mol. The van der Waals surface area contributed by atoms with E-state index in [1.54, 1.807) is 0 Å². The minimum Gasteiger partial charge on any atom is -0.454 e. The Balaban J connectivity index is 1.61. The zero-order valence-electron chi connectivity index (χ0n) is 29.7. The number of fused-ring (bicyclic) bond motifs is 3. The lowest BCUT2D eigenvalue weighted by molar-refractivity contribution is -0.660. The molecule has 2 nitrogen and oxygen atoms in total. The average Bonchev–Trinajstić information content (AvgIpc) is 3.39. The average molecular weight is 583 g/mol. The van der Waals surface area contributed by atoms with Gasteiger partial charge in [0.1, 0.15) is 18.2 Å². The maximum atomic E-state index is 9.11. The highest BCUT2D eigenvalue weighted by Crippen LogP contribution is 2.43. The van der Waals surface area contributed by atoms with Crippen molar-refractivity contribution in [3.8, 4) is 33.5 Å². The Morgan fingerprint density at radius 1 is 0.727 bits per heavy atom. The number of hydrogen-bond donors (Lipinski definition) is 0. The van der Waals surface area contributed by atoms with Crippen LogP contribution in [-0.2, 0) is 13.4 Å². The fraction of sp³-hybridized carbons (Fsp3) is 0.310. The van der Waals surface area contributed by atoms with Crippen molar-refractivity contribution in [2.75, 3.05) is 0 Å². The molecule has 0 atom stereocenters. The standard InChI is InChI=1S/C42H46NO/c1-26(2)35-22-29(25-42(6,7)8)23-36(27(3)4)39(35)31-20-21-43(9)37(24-31)38-28(5)18-19-34-33-17-13-16-32(40(33)44-41(34)38)30-14-11-10-12-15-30/h10-24,26-27H,25H2,1-9H3/q+1/i25D2. The quantitative estimate of drug-likeness (QED) is 0.179. The Bertz CT molecular complexity index is 2050. The molecule has 0 saturated carbocycles. The summed E-state index contributed by atoms with van der Waals surface area (Å²) in [6.07, 6.45) is 0.678. The van der Waals surface area contributed by atoms with E-state index in [0.717, 1.165) is 61.0 Å². The van der Waals surface area contributed by atoms with Crippen LogP contribution in [0.5, 0.6) is 0 Å². The molecular formula is C42H46NO+. The number of furan rings is 1. The van der Waals surface area contributed by atoms with E-state index in [1.807, 2.05) is 26.8 Å². The molecule has 0 aliphatic carbocycles. The fourth-order valence-electron chi connectivity index (χ4n) is 6.53. The van der Waals surface area contributed by atoms with Gasteiger partial charge in [-0.15, -0.1) is 0 Å². The van der Waals surface area contributed by atoms with E-state index in [4.69, 9.17) is 7.16 Å². The van der Waals surface area contributed by atoms with Crippen molar-refractivity contribution >= 4 is 21.9 Å². The third-order valence-corrected chi connectivity index (χ3v) is 8.62. The Labute approximate surface area is 266 Å². The van der Waals surface area contributed by atoms with Gasteiger partial charge in [-0.2, -0.15) is 0 Å². The summed E-state index contributed by atoms with van der Waals surface area (Å²) in [5.74, 6) is 0.440. The van der Waals surface area contributed by atoms with Gasteiger partial charge >= 0.3 is 0 Å². The molecular weight excluding hydrogens is 534 g/mol. The van der Waals surface area contributed by atoms with Crippen LogP contribution in [0, 0.1) is 12.3 Å². The Morgan fingerprint density at radius 3 is 2.02 bits per heavy atom. The Morgan fingerprint density at radius 2 is 1.39 bits per heavy atom. The lowest BCUT2D eigenvalue weighted by atomic mass is 9.80. The molecule has 0 spiro atoms. The largest absolute Gasteiger partial charge is 0.454 e. The lowest BCUT2D eigenvalue weighted by Gasteiger charge is -2.25. The summed E-state index contributed by atoms with van der Waals surface area (Å²) in [6.45, 7) is 17.0. The first kappa shape index (κ1) is 27.4. The molecule has 2 heterocycles. The number of benzene rings is 4. The molecule has 6 rings (SSSR count). The summed E-state index contributed by atoms with van der Waals surface area (Å²) in [4.78, 5) is 0. The van der Waals surface area contributed by atoms with Crippen LogP contribution in [0.1, 0.15) is 85.3 Å². The van der Waals surface area contributed by atoms with Crippen molar-refractivity contribution in [2.24, 2.45) is 12.5 Å². The van der Waals surface area contributed by atoms with Crippen molar-refractivity contribution in [2.45, 2.75) is 73.6 Å². The SMILES string of the molecule is [2H]C([2H])(c1cc(C(C)C)c(-c2cc[n+](C)c(-c3c(C)ccc4c3oc3c(-c5ccccc5)cccc34)c2)c(C(C)C)c1)C(C)(C)C. The van der Waals surface area contributed by atoms with Gasteiger partial charge in [-0.3, -0.25) is 0 Å². The van der Waals surface area contributed by atoms with Crippen LogP contribution in [0.2, 0.25) is 0 Å². The molecule has 44 heavy (non-hydrogen) atoms. The number of pyridine rings is 1. The first-order valence-corrected chi connectivity index (χ1v) is 15.9. The predicted octanol–water partition coefficient (Wildman–Crippen LogP) is 11.6. The van der Waals surface area contributed by atoms with E-state index in [0.29, 0.717) is 0 Å². The van der Waals surface area contributed by atoms with Crippen molar-refractivity contribution in [1.29, 1.82) is 0 Å². The van der Waals surface area contributed by atoms with Crippen LogP contribution in [0.15, 0.2) is 95.5 Å². The van der Waals surface area contributed by atoms with Crippen LogP contribution in [0.4, 0.5) is 0 Å². The molecule has 224 valence electrons. The minimum absolute atomic E-state index is 0.220. The van der Waals surface area contributed by atoms with Crippen molar-refractivity contribution in [3.63, 3.8) is 0 Å². The second kappa shape index (κ2) is 11.4. The van der Waals surface area contributed by atoms with E-state index in [2.05, 4.69) is 131 Å². The normalized spacial score (nSPS) is 13.2. The van der Waals surface area contributed by atoms with E-state index < -0.39 is 11.8 Å². The molecule has 0 aliphatic heterocycles. The van der Waals surface area contributed by atoms with E-state index >= 15 is 0 Å². The maximum Gasteiger partial charge on any atom is 0.216 e. The molecule has 0 saturated heterocycles.